The first-order valence-corrected chi connectivity index (χ1v) is 10.2. The zero-order valence-electron chi connectivity index (χ0n) is 15.4. The maximum absolute atomic E-state index is 12.7. The van der Waals surface area contributed by atoms with Crippen molar-refractivity contribution in [2.75, 3.05) is 33.3 Å². The molecule has 0 bridgehead atoms. The summed E-state index contributed by atoms with van der Waals surface area (Å²) in [6.45, 7) is 7.11. The first-order valence-electron chi connectivity index (χ1n) is 8.81. The lowest BCUT2D eigenvalue weighted by Crippen LogP contribution is -2.40. The van der Waals surface area contributed by atoms with E-state index in [0.717, 1.165) is 31.6 Å². The summed E-state index contributed by atoms with van der Waals surface area (Å²) in [7, 11) is -1.46. The van der Waals surface area contributed by atoms with E-state index in [1.165, 1.54) is 0 Å². The number of piperidine rings is 1. The Bertz CT molecular complexity index is 597. The van der Waals surface area contributed by atoms with Crippen LogP contribution in [0.5, 0.6) is 5.75 Å². The lowest BCUT2D eigenvalue weighted by atomic mass is 9.98. The average molecular weight is 391 g/mol. The van der Waals surface area contributed by atoms with Gasteiger partial charge in [-0.1, -0.05) is 13.8 Å². The Labute approximate surface area is 158 Å². The molecule has 0 amide bonds. The van der Waals surface area contributed by atoms with E-state index < -0.39 is 10.0 Å². The van der Waals surface area contributed by atoms with Crippen LogP contribution in [0.15, 0.2) is 29.2 Å². The van der Waals surface area contributed by atoms with E-state index in [1.54, 1.807) is 28.6 Å². The van der Waals surface area contributed by atoms with Crippen molar-refractivity contribution in [3.63, 3.8) is 0 Å². The van der Waals surface area contributed by atoms with E-state index in [4.69, 9.17) is 4.74 Å². The molecule has 0 saturated carbocycles. The van der Waals surface area contributed by atoms with Crippen LogP contribution in [0.3, 0.4) is 0 Å². The Kier molecular flexibility index (Phi) is 9.21. The minimum absolute atomic E-state index is 0. The Morgan fingerprint density at radius 1 is 1.20 bits per heavy atom. The van der Waals surface area contributed by atoms with Crippen molar-refractivity contribution in [2.45, 2.75) is 38.0 Å². The maximum Gasteiger partial charge on any atom is 0.243 e. The van der Waals surface area contributed by atoms with Crippen LogP contribution in [0.2, 0.25) is 0 Å². The minimum Gasteiger partial charge on any atom is -0.494 e. The molecule has 1 aromatic rings. The Hall–Kier alpha value is -0.820. The van der Waals surface area contributed by atoms with Gasteiger partial charge < -0.3 is 10.1 Å². The van der Waals surface area contributed by atoms with Crippen molar-refractivity contribution in [1.82, 2.24) is 9.62 Å². The van der Waals surface area contributed by atoms with Crippen LogP contribution in [0.1, 0.15) is 33.1 Å². The fourth-order valence-electron chi connectivity index (χ4n) is 2.91. The molecule has 1 fully saturated rings. The van der Waals surface area contributed by atoms with Gasteiger partial charge >= 0.3 is 0 Å². The number of rotatable bonds is 8. The van der Waals surface area contributed by atoms with Gasteiger partial charge in [0.25, 0.3) is 0 Å². The van der Waals surface area contributed by atoms with Crippen molar-refractivity contribution in [3.05, 3.63) is 24.3 Å². The summed E-state index contributed by atoms with van der Waals surface area (Å²) in [5.74, 6) is 1.89. The molecule has 1 saturated heterocycles. The summed E-state index contributed by atoms with van der Waals surface area (Å²) in [4.78, 5) is 0.353. The predicted octanol–water partition coefficient (Wildman–Crippen LogP) is 3.15. The molecule has 0 aromatic heterocycles. The van der Waals surface area contributed by atoms with Crippen molar-refractivity contribution in [3.8, 4) is 5.75 Å². The van der Waals surface area contributed by atoms with Gasteiger partial charge in [-0.2, -0.15) is 4.31 Å². The molecule has 1 aromatic carbocycles. The van der Waals surface area contributed by atoms with Crippen molar-refractivity contribution < 1.29 is 13.2 Å². The van der Waals surface area contributed by atoms with E-state index in [0.29, 0.717) is 36.4 Å². The van der Waals surface area contributed by atoms with Gasteiger partial charge in [0, 0.05) is 13.1 Å². The second-order valence-corrected chi connectivity index (χ2v) is 8.85. The van der Waals surface area contributed by atoms with Gasteiger partial charge in [-0.15, -0.1) is 12.4 Å². The zero-order chi connectivity index (χ0) is 17.6. The topological polar surface area (TPSA) is 58.6 Å². The molecule has 1 N–H and O–H groups in total. The lowest BCUT2D eigenvalue weighted by molar-refractivity contribution is 0.270. The highest BCUT2D eigenvalue weighted by atomic mass is 35.5. The third-order valence-electron chi connectivity index (χ3n) is 4.49. The van der Waals surface area contributed by atoms with Gasteiger partial charge in [0.1, 0.15) is 5.75 Å². The molecule has 0 aliphatic carbocycles. The number of hydrogen-bond acceptors (Lipinski definition) is 4. The fourth-order valence-corrected chi connectivity index (χ4v) is 4.38. The molecule has 144 valence electrons. The number of benzene rings is 1. The smallest absolute Gasteiger partial charge is 0.243 e. The average Bonchev–Trinajstić information content (AvgIpc) is 2.56. The van der Waals surface area contributed by atoms with Crippen LogP contribution < -0.4 is 10.1 Å². The van der Waals surface area contributed by atoms with Gasteiger partial charge in [0.05, 0.1) is 11.5 Å². The molecule has 25 heavy (non-hydrogen) atoms. The molecule has 1 aliphatic rings. The molecule has 7 heteroatoms. The van der Waals surface area contributed by atoms with Gasteiger partial charge in [-0.25, -0.2) is 8.42 Å². The molecule has 2 rings (SSSR count). The van der Waals surface area contributed by atoms with Crippen molar-refractivity contribution >= 4 is 22.4 Å². The van der Waals surface area contributed by atoms with Crippen molar-refractivity contribution in [2.24, 2.45) is 11.8 Å². The summed E-state index contributed by atoms with van der Waals surface area (Å²) in [5, 5.41) is 3.17. The van der Waals surface area contributed by atoms with E-state index in [9.17, 15) is 8.42 Å². The van der Waals surface area contributed by atoms with Crippen LogP contribution in [0.4, 0.5) is 0 Å². The van der Waals surface area contributed by atoms with E-state index >= 15 is 0 Å². The highest BCUT2D eigenvalue weighted by Crippen LogP contribution is 2.25. The zero-order valence-corrected chi connectivity index (χ0v) is 17.0. The maximum atomic E-state index is 12.7. The van der Waals surface area contributed by atoms with Crippen molar-refractivity contribution in [1.29, 1.82) is 0 Å². The number of sulfonamides is 1. The SMILES string of the molecule is CNCC1CCN(S(=O)(=O)c2ccc(OCCC(C)C)cc2)CC1.Cl. The second kappa shape index (κ2) is 10.4. The summed E-state index contributed by atoms with van der Waals surface area (Å²) in [6.07, 6.45) is 2.81. The van der Waals surface area contributed by atoms with E-state index in [-0.39, 0.29) is 12.4 Å². The summed E-state index contributed by atoms with van der Waals surface area (Å²) in [6, 6.07) is 6.81. The summed E-state index contributed by atoms with van der Waals surface area (Å²) in [5.41, 5.74) is 0. The lowest BCUT2D eigenvalue weighted by Gasteiger charge is -2.31. The second-order valence-electron chi connectivity index (χ2n) is 6.91. The molecule has 0 radical (unpaired) electrons. The first kappa shape index (κ1) is 22.2. The van der Waals surface area contributed by atoms with Gasteiger partial charge in [-0.05, 0) is 69.0 Å². The number of hydrogen-bond donors (Lipinski definition) is 1. The van der Waals surface area contributed by atoms with Crippen LogP contribution in [0, 0.1) is 11.8 Å². The van der Waals surface area contributed by atoms with E-state index in [1.807, 2.05) is 7.05 Å². The van der Waals surface area contributed by atoms with Crippen LogP contribution in [-0.4, -0.2) is 46.0 Å². The quantitative estimate of drug-likeness (QED) is 0.740. The molecule has 1 aliphatic heterocycles. The third-order valence-corrected chi connectivity index (χ3v) is 6.40. The number of ether oxygens (including phenoxy) is 1. The van der Waals surface area contributed by atoms with Gasteiger partial charge in [0.15, 0.2) is 0 Å². The molecule has 0 unspecified atom stereocenters. The Balaban J connectivity index is 0.00000312. The first-order chi connectivity index (χ1) is 11.4. The van der Waals surface area contributed by atoms with Gasteiger partial charge in [-0.3, -0.25) is 0 Å². The van der Waals surface area contributed by atoms with Gasteiger partial charge in [0.2, 0.25) is 10.0 Å². The third kappa shape index (κ3) is 6.44. The molecule has 0 atom stereocenters. The molecular weight excluding hydrogens is 360 g/mol. The van der Waals surface area contributed by atoms with Crippen LogP contribution in [0.25, 0.3) is 0 Å². The fraction of sp³-hybridized carbons (Fsp3) is 0.667. The molecule has 1 heterocycles. The summed E-state index contributed by atoms with van der Waals surface area (Å²) < 4.78 is 32.7. The number of halogens is 1. The minimum atomic E-state index is -3.39. The molecular formula is C18H31ClN2O3S. The largest absolute Gasteiger partial charge is 0.494 e. The normalized spacial score (nSPS) is 16.6. The number of nitrogens with zero attached hydrogens (tertiary/aromatic N) is 1. The monoisotopic (exact) mass is 390 g/mol. The summed E-state index contributed by atoms with van der Waals surface area (Å²) >= 11 is 0. The molecule has 5 nitrogen and oxygen atoms in total. The molecule has 0 spiro atoms. The van der Waals surface area contributed by atoms with E-state index in [2.05, 4.69) is 19.2 Å². The highest BCUT2D eigenvalue weighted by molar-refractivity contribution is 7.89. The highest BCUT2D eigenvalue weighted by Gasteiger charge is 2.29. The standard InChI is InChI=1S/C18H30N2O3S.ClH/c1-15(2)10-13-23-17-4-6-18(7-5-17)24(21,22)20-11-8-16(9-12-20)14-19-3;/h4-7,15-16,19H,8-14H2,1-3H3;1H. The predicted molar refractivity (Wildman–Crippen MR) is 104 cm³/mol. The Morgan fingerprint density at radius 2 is 1.80 bits per heavy atom. The Morgan fingerprint density at radius 3 is 2.32 bits per heavy atom. The van der Waals surface area contributed by atoms with Crippen LogP contribution >= 0.6 is 12.4 Å². The number of nitrogens with one attached hydrogen (secondary N) is 1. The van der Waals surface area contributed by atoms with Crippen LogP contribution in [-0.2, 0) is 10.0 Å².